The van der Waals surface area contributed by atoms with Gasteiger partial charge in [-0.1, -0.05) is 25.8 Å². The van der Waals surface area contributed by atoms with Gasteiger partial charge in [0.15, 0.2) is 5.78 Å². The van der Waals surface area contributed by atoms with E-state index in [9.17, 15) is 4.79 Å². The van der Waals surface area contributed by atoms with Crippen molar-refractivity contribution < 1.29 is 4.79 Å². The van der Waals surface area contributed by atoms with Crippen LogP contribution in [0.2, 0.25) is 0 Å². The molecular weight excluding hydrogens is 458 g/mol. The summed E-state index contributed by atoms with van der Waals surface area (Å²) in [7, 11) is 2.20. The Bertz CT molecular complexity index is 1480. The van der Waals surface area contributed by atoms with Crippen LogP contribution in [-0.4, -0.2) is 72.9 Å². The first kappa shape index (κ1) is 23.8. The van der Waals surface area contributed by atoms with Gasteiger partial charge in [-0.05, 0) is 49.7 Å². The number of carbonyl (C=O) groups excluding carboxylic acids is 1. The van der Waals surface area contributed by atoms with Crippen molar-refractivity contribution in [3.63, 3.8) is 0 Å². The van der Waals surface area contributed by atoms with Crippen LogP contribution in [-0.2, 0) is 5.41 Å². The number of nitrogens with one attached hydrogen (secondary N) is 1. The molecule has 3 heterocycles. The molecule has 1 N–H and O–H groups in total. The average molecular weight is 492 g/mol. The number of nitrogens with zero attached hydrogens (tertiary/aromatic N) is 4. The Morgan fingerprint density at radius 3 is 2.49 bits per heavy atom. The van der Waals surface area contributed by atoms with Gasteiger partial charge < -0.3 is 14.8 Å². The number of ketones is 1. The molecule has 0 bridgehead atoms. The third kappa shape index (κ3) is 3.75. The van der Waals surface area contributed by atoms with E-state index in [0.29, 0.717) is 22.9 Å². The molecule has 0 amide bonds. The van der Waals surface area contributed by atoms with Crippen LogP contribution >= 0.6 is 0 Å². The van der Waals surface area contributed by atoms with Crippen molar-refractivity contribution in [1.82, 2.24) is 14.8 Å². The van der Waals surface area contributed by atoms with Gasteiger partial charge in [0, 0.05) is 84.1 Å². The lowest BCUT2D eigenvalue weighted by Gasteiger charge is -2.43. The lowest BCUT2D eigenvalue weighted by molar-refractivity contribution is 0.0982. The Balaban J connectivity index is 1.35. The Hall–Kier alpha value is -3.58. The molecule has 1 aliphatic carbocycles. The van der Waals surface area contributed by atoms with Gasteiger partial charge in [0.2, 0.25) is 5.69 Å². The molecule has 0 saturated carbocycles. The molecule has 2 aliphatic heterocycles. The van der Waals surface area contributed by atoms with E-state index < -0.39 is 5.41 Å². The largest absolute Gasteiger partial charge is 0.380 e. The minimum Gasteiger partial charge on any atom is -0.380 e. The number of hydrogen-bond acceptors (Lipinski definition) is 4. The highest BCUT2D eigenvalue weighted by molar-refractivity contribution is 6.20. The van der Waals surface area contributed by atoms with E-state index in [0.717, 1.165) is 85.5 Å². The Labute approximate surface area is 219 Å². The molecule has 6 heteroatoms. The summed E-state index contributed by atoms with van der Waals surface area (Å²) in [5.41, 5.74) is 6.02. The minimum atomic E-state index is -0.415. The number of fused-ring (bicyclic) bond motifs is 4. The van der Waals surface area contributed by atoms with Crippen molar-refractivity contribution in [3.8, 4) is 12.3 Å². The number of rotatable bonds is 2. The lowest BCUT2D eigenvalue weighted by Crippen LogP contribution is -2.52. The predicted molar refractivity (Wildman–Crippen MR) is 149 cm³/mol. The van der Waals surface area contributed by atoms with Crippen molar-refractivity contribution in [3.05, 3.63) is 69.7 Å². The second-order valence-electron chi connectivity index (χ2n) is 11.3. The highest BCUT2D eigenvalue weighted by Gasteiger charge is 2.41. The van der Waals surface area contributed by atoms with E-state index in [1.165, 1.54) is 0 Å². The second-order valence-corrected chi connectivity index (χ2v) is 11.3. The number of aromatic amines is 1. The van der Waals surface area contributed by atoms with Gasteiger partial charge in [0.05, 0.1) is 12.1 Å². The van der Waals surface area contributed by atoms with Gasteiger partial charge in [-0.3, -0.25) is 9.69 Å². The summed E-state index contributed by atoms with van der Waals surface area (Å²) in [6, 6.07) is 10.3. The molecule has 6 rings (SSSR count). The average Bonchev–Trinajstić information content (AvgIpc) is 3.32. The summed E-state index contributed by atoms with van der Waals surface area (Å²) in [4.78, 5) is 28.7. The summed E-state index contributed by atoms with van der Waals surface area (Å²) in [5.74, 6) is 2.67. The number of piperidine rings is 1. The third-order valence-electron chi connectivity index (χ3n) is 8.83. The quantitative estimate of drug-likeness (QED) is 0.414. The standard InChI is InChI=1S/C31H33N5O/c1-6-20-7-8-22-25(17-20)33-30-28(22)29(37)23-18-26(32-4)27(19-24(23)31(30,2)3)36-11-9-21(10-12-36)35-15-13-34(5)14-16-35/h1,7-8,17-19,21,33H,9-16H2,2-3,5H3. The van der Waals surface area contributed by atoms with Gasteiger partial charge in [0.1, 0.15) is 0 Å². The normalized spacial score (nSPS) is 20.4. The van der Waals surface area contributed by atoms with Crippen LogP contribution in [0, 0.1) is 18.9 Å². The molecule has 0 radical (unpaired) electrons. The summed E-state index contributed by atoms with van der Waals surface area (Å²) in [6.45, 7) is 18.7. The topological polar surface area (TPSA) is 46.9 Å². The second kappa shape index (κ2) is 8.77. The van der Waals surface area contributed by atoms with E-state index in [1.807, 2.05) is 24.3 Å². The molecule has 37 heavy (non-hydrogen) atoms. The van der Waals surface area contributed by atoms with Crippen molar-refractivity contribution in [2.24, 2.45) is 0 Å². The summed E-state index contributed by atoms with van der Waals surface area (Å²) < 4.78 is 0. The maximum Gasteiger partial charge on any atom is 0.210 e. The Morgan fingerprint density at radius 2 is 1.81 bits per heavy atom. The molecule has 0 unspecified atom stereocenters. The molecule has 2 fully saturated rings. The van der Waals surface area contributed by atoms with Gasteiger partial charge >= 0.3 is 0 Å². The number of aromatic nitrogens is 1. The van der Waals surface area contributed by atoms with Crippen molar-refractivity contribution >= 4 is 28.1 Å². The highest BCUT2D eigenvalue weighted by Crippen LogP contribution is 2.47. The summed E-state index contributed by atoms with van der Waals surface area (Å²) in [5, 5.41) is 0.886. The van der Waals surface area contributed by atoms with Crippen molar-refractivity contribution in [2.45, 2.75) is 38.1 Å². The fourth-order valence-corrected chi connectivity index (χ4v) is 6.54. The highest BCUT2D eigenvalue weighted by atomic mass is 16.1. The van der Waals surface area contributed by atoms with Crippen LogP contribution in [0.1, 0.15) is 59.4 Å². The Kier molecular flexibility index (Phi) is 5.64. The molecule has 2 saturated heterocycles. The molecule has 1 aromatic heterocycles. The van der Waals surface area contributed by atoms with Gasteiger partial charge in [-0.2, -0.15) is 0 Å². The number of hydrogen-bond donors (Lipinski definition) is 1. The molecular formula is C31H33N5O. The third-order valence-corrected chi connectivity index (χ3v) is 8.83. The SMILES string of the molecule is [C-]#[N+]c1cc2c(cc1N1CCC(N3CCN(C)CC3)CC1)C(C)(C)c1[nH]c3cc(C#C)ccc3c1C2=O. The van der Waals surface area contributed by atoms with Crippen LogP contribution in [0.3, 0.4) is 0 Å². The van der Waals surface area contributed by atoms with Crippen molar-refractivity contribution in [1.29, 1.82) is 0 Å². The number of anilines is 1. The molecule has 3 aliphatic rings. The smallest absolute Gasteiger partial charge is 0.210 e. The number of H-pyrrole nitrogens is 1. The predicted octanol–water partition coefficient (Wildman–Crippen LogP) is 4.79. The van der Waals surface area contributed by atoms with Crippen LogP contribution in [0.5, 0.6) is 0 Å². The van der Waals surface area contributed by atoms with Crippen molar-refractivity contribution in [2.75, 3.05) is 51.2 Å². The minimum absolute atomic E-state index is 0.0192. The zero-order valence-corrected chi connectivity index (χ0v) is 21.9. The first-order valence-corrected chi connectivity index (χ1v) is 13.2. The zero-order valence-electron chi connectivity index (χ0n) is 21.9. The molecule has 0 atom stereocenters. The van der Waals surface area contributed by atoms with E-state index >= 15 is 0 Å². The van der Waals surface area contributed by atoms with E-state index in [4.69, 9.17) is 13.0 Å². The number of piperazine rings is 1. The maximum absolute atomic E-state index is 13.8. The fraction of sp³-hybridized carbons (Fsp3) is 0.419. The van der Waals surface area contributed by atoms with E-state index in [1.54, 1.807) is 0 Å². The molecule has 3 aromatic rings. The summed E-state index contributed by atoms with van der Waals surface area (Å²) in [6.07, 6.45) is 7.82. The number of terminal acetylenes is 1. The fourth-order valence-electron chi connectivity index (χ4n) is 6.54. The van der Waals surface area contributed by atoms with Crippen LogP contribution < -0.4 is 4.90 Å². The first-order chi connectivity index (χ1) is 17.8. The Morgan fingerprint density at radius 1 is 1.08 bits per heavy atom. The molecule has 188 valence electrons. The molecule has 6 nitrogen and oxygen atoms in total. The van der Waals surface area contributed by atoms with Gasteiger partial charge in [-0.25, -0.2) is 4.85 Å². The maximum atomic E-state index is 13.8. The summed E-state index contributed by atoms with van der Waals surface area (Å²) >= 11 is 0. The van der Waals surface area contributed by atoms with Crippen LogP contribution in [0.4, 0.5) is 11.4 Å². The monoisotopic (exact) mass is 491 g/mol. The molecule has 0 spiro atoms. The van der Waals surface area contributed by atoms with Gasteiger partial charge in [-0.15, -0.1) is 6.42 Å². The number of likely N-dealkylation sites (N-methyl/N-ethyl adjacent to an activating group) is 1. The molecule has 2 aromatic carbocycles. The van der Waals surface area contributed by atoms with Gasteiger partial charge in [0.25, 0.3) is 0 Å². The first-order valence-electron chi connectivity index (χ1n) is 13.2. The number of benzene rings is 2. The van der Waals surface area contributed by atoms with Crippen LogP contribution in [0.15, 0.2) is 30.3 Å². The lowest BCUT2D eigenvalue weighted by atomic mass is 9.71. The van der Waals surface area contributed by atoms with E-state index in [2.05, 4.69) is 57.4 Å². The van der Waals surface area contributed by atoms with E-state index in [-0.39, 0.29) is 5.78 Å². The van der Waals surface area contributed by atoms with Crippen LogP contribution in [0.25, 0.3) is 15.7 Å². The zero-order chi connectivity index (χ0) is 25.9. The number of carbonyl (C=O) groups is 1.